The van der Waals surface area contributed by atoms with Crippen LogP contribution >= 0.6 is 11.3 Å². The van der Waals surface area contributed by atoms with E-state index in [9.17, 15) is 13.2 Å². The highest BCUT2D eigenvalue weighted by atomic mass is 32.2. The Morgan fingerprint density at radius 1 is 1.07 bits per heavy atom. The van der Waals surface area contributed by atoms with Crippen LogP contribution in [0.15, 0.2) is 70.3 Å². The molecule has 152 valence electrons. The second-order valence-corrected chi connectivity index (χ2v) is 9.17. The maximum atomic E-state index is 12.5. The van der Waals surface area contributed by atoms with Gasteiger partial charge in [-0.05, 0) is 67.3 Å². The molecule has 2 aromatic carbocycles. The van der Waals surface area contributed by atoms with Crippen molar-refractivity contribution in [2.45, 2.75) is 24.1 Å². The zero-order chi connectivity index (χ0) is 20.9. The topological polar surface area (TPSA) is 84.5 Å². The molecule has 6 nitrogen and oxygen atoms in total. The number of carbonyl (C=O) groups excluding carboxylic acids is 1. The number of hydrogen-bond acceptors (Lipinski definition) is 5. The summed E-state index contributed by atoms with van der Waals surface area (Å²) in [5.74, 6) is 0.550. The summed E-state index contributed by atoms with van der Waals surface area (Å²) in [7, 11) is -3.61. The highest BCUT2D eigenvalue weighted by Gasteiger charge is 2.16. The molecule has 0 saturated heterocycles. The molecule has 0 aliphatic carbocycles. The summed E-state index contributed by atoms with van der Waals surface area (Å²) < 4.78 is 32.7. The number of carbonyl (C=O) groups is 1. The first-order valence-corrected chi connectivity index (χ1v) is 11.5. The highest BCUT2D eigenvalue weighted by Crippen LogP contribution is 2.21. The van der Waals surface area contributed by atoms with Gasteiger partial charge < -0.3 is 10.1 Å². The maximum absolute atomic E-state index is 12.5. The van der Waals surface area contributed by atoms with Crippen LogP contribution in [-0.4, -0.2) is 20.9 Å². The summed E-state index contributed by atoms with van der Waals surface area (Å²) in [5, 5.41) is 4.64. The normalized spacial score (nSPS) is 12.2. The third-order valence-electron chi connectivity index (χ3n) is 4.20. The smallest absolute Gasteiger partial charge is 0.271 e. The van der Waals surface area contributed by atoms with E-state index in [0.717, 1.165) is 22.6 Å². The summed E-state index contributed by atoms with van der Waals surface area (Å²) in [6.45, 7) is 4.43. The summed E-state index contributed by atoms with van der Waals surface area (Å²) in [6.07, 6.45) is 0. The van der Waals surface area contributed by atoms with Crippen molar-refractivity contribution in [2.75, 3.05) is 11.3 Å². The molecule has 0 aliphatic rings. The Morgan fingerprint density at radius 3 is 2.34 bits per heavy atom. The van der Waals surface area contributed by atoms with Crippen molar-refractivity contribution < 1.29 is 17.9 Å². The fourth-order valence-electron chi connectivity index (χ4n) is 2.69. The third-order valence-corrected chi connectivity index (χ3v) is 6.98. The molecule has 0 fully saturated rings. The molecular weight excluding hydrogens is 408 g/mol. The molecule has 0 unspecified atom stereocenters. The van der Waals surface area contributed by atoms with Crippen LogP contribution in [0.5, 0.6) is 5.75 Å². The predicted molar refractivity (Wildman–Crippen MR) is 115 cm³/mol. The Hall–Kier alpha value is -2.84. The lowest BCUT2D eigenvalue weighted by molar-refractivity contribution is 0.0940. The van der Waals surface area contributed by atoms with Gasteiger partial charge in [-0.2, -0.15) is 0 Å². The molecule has 3 aromatic rings. The van der Waals surface area contributed by atoms with Gasteiger partial charge >= 0.3 is 0 Å². The molecule has 0 saturated carbocycles. The van der Waals surface area contributed by atoms with E-state index in [0.29, 0.717) is 17.9 Å². The minimum absolute atomic E-state index is 0.185. The van der Waals surface area contributed by atoms with E-state index in [1.807, 2.05) is 38.1 Å². The van der Waals surface area contributed by atoms with E-state index < -0.39 is 10.0 Å². The predicted octanol–water partition coefficient (Wildman–Crippen LogP) is 4.44. The van der Waals surface area contributed by atoms with E-state index >= 15 is 0 Å². The zero-order valence-electron chi connectivity index (χ0n) is 16.1. The second kappa shape index (κ2) is 9.11. The first kappa shape index (κ1) is 20.9. The number of thiophene rings is 1. The van der Waals surface area contributed by atoms with E-state index in [1.165, 1.54) is 6.07 Å². The monoisotopic (exact) mass is 430 g/mol. The lowest BCUT2D eigenvalue weighted by Crippen LogP contribution is -2.26. The van der Waals surface area contributed by atoms with Crippen molar-refractivity contribution in [1.29, 1.82) is 0 Å². The van der Waals surface area contributed by atoms with Crippen molar-refractivity contribution >= 4 is 33.0 Å². The average molecular weight is 431 g/mol. The number of nitrogens with one attached hydrogen (secondary N) is 2. The molecule has 0 aliphatic heterocycles. The van der Waals surface area contributed by atoms with Crippen molar-refractivity contribution in [3.63, 3.8) is 0 Å². The van der Waals surface area contributed by atoms with Gasteiger partial charge in [0.1, 0.15) is 9.96 Å². The molecule has 0 spiro atoms. The molecule has 1 atom stereocenters. The van der Waals surface area contributed by atoms with E-state index in [-0.39, 0.29) is 16.2 Å². The van der Waals surface area contributed by atoms with Crippen LogP contribution < -0.4 is 14.8 Å². The second-order valence-electron chi connectivity index (χ2n) is 6.31. The number of anilines is 1. The van der Waals surface area contributed by atoms with Crippen molar-refractivity contribution in [2.24, 2.45) is 0 Å². The van der Waals surface area contributed by atoms with Crippen molar-refractivity contribution in [3.8, 4) is 5.75 Å². The molecule has 1 amide bonds. The molecule has 29 heavy (non-hydrogen) atoms. The van der Waals surface area contributed by atoms with Gasteiger partial charge in [-0.25, -0.2) is 8.42 Å². The molecule has 8 heteroatoms. The van der Waals surface area contributed by atoms with Crippen LogP contribution in [0.25, 0.3) is 0 Å². The van der Waals surface area contributed by atoms with E-state index in [2.05, 4.69) is 10.0 Å². The van der Waals surface area contributed by atoms with Crippen LogP contribution in [0.3, 0.4) is 0 Å². The molecule has 1 aromatic heterocycles. The number of sulfonamides is 1. The molecule has 2 N–H and O–H groups in total. The van der Waals surface area contributed by atoms with Gasteiger partial charge in [0.2, 0.25) is 0 Å². The van der Waals surface area contributed by atoms with Gasteiger partial charge in [0.25, 0.3) is 15.9 Å². The molecule has 0 radical (unpaired) electrons. The van der Waals surface area contributed by atoms with Crippen molar-refractivity contribution in [1.82, 2.24) is 5.32 Å². The fraction of sp³-hybridized carbons (Fsp3) is 0.190. The van der Waals surface area contributed by atoms with Crippen LogP contribution in [0.1, 0.15) is 35.8 Å². The maximum Gasteiger partial charge on any atom is 0.271 e. The number of ether oxygens (including phenoxy) is 1. The first-order chi connectivity index (χ1) is 13.9. The number of rotatable bonds is 8. The summed E-state index contributed by atoms with van der Waals surface area (Å²) >= 11 is 1.14. The average Bonchev–Trinajstić information content (AvgIpc) is 3.25. The molecule has 3 rings (SSSR count). The van der Waals surface area contributed by atoms with Crippen LogP contribution in [0.2, 0.25) is 0 Å². The Bertz CT molecular complexity index is 1050. The Morgan fingerprint density at radius 2 is 1.76 bits per heavy atom. The Labute approximate surface area is 174 Å². The SMILES string of the molecule is CCOc1ccc([C@@H](C)NC(=O)c2ccc(NS(=O)(=O)c3cccs3)cc2)cc1. The third kappa shape index (κ3) is 5.36. The van der Waals surface area contributed by atoms with Gasteiger partial charge in [0.15, 0.2) is 0 Å². The zero-order valence-corrected chi connectivity index (χ0v) is 17.7. The Kier molecular flexibility index (Phi) is 6.56. The van der Waals surface area contributed by atoms with Crippen LogP contribution in [0.4, 0.5) is 5.69 Å². The molecule has 0 bridgehead atoms. The largest absolute Gasteiger partial charge is 0.494 e. The van der Waals surface area contributed by atoms with Gasteiger partial charge in [-0.3, -0.25) is 9.52 Å². The minimum atomic E-state index is -3.61. The van der Waals surface area contributed by atoms with E-state index in [4.69, 9.17) is 4.74 Å². The van der Waals surface area contributed by atoms with Gasteiger partial charge in [0.05, 0.1) is 12.6 Å². The quantitative estimate of drug-likeness (QED) is 0.553. The lowest BCUT2D eigenvalue weighted by Gasteiger charge is -2.15. The van der Waals surface area contributed by atoms with Gasteiger partial charge in [-0.15, -0.1) is 11.3 Å². The number of benzene rings is 2. The van der Waals surface area contributed by atoms with Gasteiger partial charge in [-0.1, -0.05) is 18.2 Å². The minimum Gasteiger partial charge on any atom is -0.494 e. The lowest BCUT2D eigenvalue weighted by atomic mass is 10.1. The molecular formula is C21H22N2O4S2. The summed E-state index contributed by atoms with van der Waals surface area (Å²) in [5.41, 5.74) is 1.80. The fourth-order valence-corrected chi connectivity index (χ4v) is 4.75. The van der Waals surface area contributed by atoms with Crippen LogP contribution in [0, 0.1) is 0 Å². The van der Waals surface area contributed by atoms with Crippen LogP contribution in [-0.2, 0) is 10.0 Å². The number of hydrogen-bond donors (Lipinski definition) is 2. The first-order valence-electron chi connectivity index (χ1n) is 9.09. The van der Waals surface area contributed by atoms with E-state index in [1.54, 1.807) is 35.7 Å². The standard InChI is InChI=1S/C21H22N2O4S2/c1-3-27-19-12-8-16(9-13-19)15(2)22-21(24)17-6-10-18(11-7-17)23-29(25,26)20-5-4-14-28-20/h4-15,23H,3H2,1-2H3,(H,22,24)/t15-/m1/s1. The van der Waals surface area contributed by atoms with Crippen molar-refractivity contribution in [3.05, 3.63) is 77.2 Å². The summed E-state index contributed by atoms with van der Waals surface area (Å²) in [4.78, 5) is 12.5. The number of amides is 1. The van der Waals surface area contributed by atoms with Gasteiger partial charge in [0, 0.05) is 11.3 Å². The Balaban J connectivity index is 1.62. The summed E-state index contributed by atoms with van der Waals surface area (Å²) in [6, 6.07) is 16.9. The highest BCUT2D eigenvalue weighted by molar-refractivity contribution is 7.94. The molecule has 1 heterocycles.